The van der Waals surface area contributed by atoms with Crippen LogP contribution in [0.1, 0.15) is 0 Å². The minimum atomic E-state index is 1.19. The van der Waals surface area contributed by atoms with Crippen LogP contribution in [0.4, 0.5) is 17.1 Å². The van der Waals surface area contributed by atoms with Gasteiger partial charge >= 0.3 is 0 Å². The van der Waals surface area contributed by atoms with Crippen LogP contribution in [0.5, 0.6) is 0 Å². The van der Waals surface area contributed by atoms with Crippen molar-refractivity contribution in [1.29, 1.82) is 0 Å². The lowest BCUT2D eigenvalue weighted by atomic mass is 9.98. The first-order valence-electron chi connectivity index (χ1n) is 14.5. The van der Waals surface area contributed by atoms with Crippen LogP contribution in [-0.4, -0.2) is 0 Å². The van der Waals surface area contributed by atoms with Gasteiger partial charge in [0.05, 0.1) is 26.5 Å². The van der Waals surface area contributed by atoms with Gasteiger partial charge in [0.15, 0.2) is 0 Å². The molecule has 9 aromatic rings. The first-order chi connectivity index (χ1) is 21.3. The highest BCUT2D eigenvalue weighted by Gasteiger charge is 2.25. The lowest BCUT2D eigenvalue weighted by Crippen LogP contribution is -2.12. The van der Waals surface area contributed by atoms with Gasteiger partial charge in [-0.1, -0.05) is 127 Å². The number of benzene rings is 7. The number of thiophene rings is 2. The summed E-state index contributed by atoms with van der Waals surface area (Å²) in [6, 6.07) is 55.4. The maximum Gasteiger partial charge on any atom is 0.0719 e. The van der Waals surface area contributed by atoms with Gasteiger partial charge in [-0.25, -0.2) is 0 Å². The van der Waals surface area contributed by atoms with E-state index in [2.05, 4.69) is 157 Å². The summed E-state index contributed by atoms with van der Waals surface area (Å²) in [6.45, 7) is 0. The van der Waals surface area contributed by atoms with E-state index in [1.807, 2.05) is 22.7 Å². The summed E-state index contributed by atoms with van der Waals surface area (Å²) in [6.07, 6.45) is 0. The molecule has 0 spiro atoms. The molecule has 0 saturated heterocycles. The highest BCUT2D eigenvalue weighted by Crippen LogP contribution is 2.53. The van der Waals surface area contributed by atoms with Crippen molar-refractivity contribution in [2.45, 2.75) is 0 Å². The van der Waals surface area contributed by atoms with Crippen molar-refractivity contribution in [3.63, 3.8) is 0 Å². The van der Waals surface area contributed by atoms with E-state index >= 15 is 0 Å². The molecule has 0 bridgehead atoms. The molecular formula is C40H25NS2. The van der Waals surface area contributed by atoms with Gasteiger partial charge in [-0.05, 0) is 35.2 Å². The monoisotopic (exact) mass is 583 g/mol. The van der Waals surface area contributed by atoms with Crippen LogP contribution in [-0.2, 0) is 0 Å². The van der Waals surface area contributed by atoms with Gasteiger partial charge < -0.3 is 4.90 Å². The molecule has 1 nitrogen and oxygen atoms in total. The first-order valence-corrected chi connectivity index (χ1v) is 16.2. The Morgan fingerprint density at radius 2 is 0.930 bits per heavy atom. The molecule has 2 aromatic heterocycles. The average molecular weight is 584 g/mol. The number of hydrogen-bond donors (Lipinski definition) is 0. The second kappa shape index (κ2) is 9.81. The minimum Gasteiger partial charge on any atom is -0.306 e. The lowest BCUT2D eigenvalue weighted by Gasteiger charge is -2.30. The maximum absolute atomic E-state index is 2.56. The van der Waals surface area contributed by atoms with Crippen molar-refractivity contribution in [2.75, 3.05) is 4.90 Å². The van der Waals surface area contributed by atoms with Gasteiger partial charge in [-0.3, -0.25) is 0 Å². The Balaban J connectivity index is 1.48. The van der Waals surface area contributed by atoms with Crippen LogP contribution >= 0.6 is 22.7 Å². The highest BCUT2D eigenvalue weighted by molar-refractivity contribution is 7.27. The number of anilines is 3. The summed E-state index contributed by atoms with van der Waals surface area (Å²) in [5.41, 5.74) is 6.06. The summed E-state index contributed by atoms with van der Waals surface area (Å²) in [5, 5.41) is 7.68. The standard InChI is InChI=1S/C40H25NS2/c1-2-12-27(13-3-1)29-24-25-33-31-18-7-9-23-37(31)43-40(33)38(29)41(34-20-10-15-26-14-4-5-16-28(26)34)35-21-11-19-32-30-17-6-8-22-36(30)42-39(32)35/h1-25H. The quantitative estimate of drug-likeness (QED) is 0.199. The Hall–Kier alpha value is -4.96. The summed E-state index contributed by atoms with van der Waals surface area (Å²) in [7, 11) is 0. The fourth-order valence-corrected chi connectivity index (χ4v) is 8.98. The number of hydrogen-bond acceptors (Lipinski definition) is 3. The third kappa shape index (κ3) is 3.82. The predicted octanol–water partition coefficient (Wildman–Crippen LogP) is 12.7. The van der Waals surface area contributed by atoms with E-state index < -0.39 is 0 Å². The van der Waals surface area contributed by atoms with Gasteiger partial charge in [0.25, 0.3) is 0 Å². The molecular weight excluding hydrogens is 559 g/mol. The van der Waals surface area contributed by atoms with Crippen molar-refractivity contribution >= 4 is 90.9 Å². The zero-order valence-electron chi connectivity index (χ0n) is 23.2. The van der Waals surface area contributed by atoms with Gasteiger partial charge in [0.1, 0.15) is 0 Å². The molecule has 0 amide bonds. The molecule has 3 heteroatoms. The molecule has 0 aliphatic rings. The Morgan fingerprint density at radius 1 is 0.372 bits per heavy atom. The van der Waals surface area contributed by atoms with Crippen LogP contribution in [0.3, 0.4) is 0 Å². The Morgan fingerprint density at radius 3 is 1.72 bits per heavy atom. The average Bonchev–Trinajstić information content (AvgIpc) is 3.65. The third-order valence-corrected chi connectivity index (χ3v) is 10.9. The molecule has 7 aromatic carbocycles. The van der Waals surface area contributed by atoms with E-state index in [-0.39, 0.29) is 0 Å². The molecule has 0 fully saturated rings. The Kier molecular flexibility index (Phi) is 5.62. The molecule has 0 aliphatic heterocycles. The van der Waals surface area contributed by atoms with Crippen molar-refractivity contribution in [1.82, 2.24) is 0 Å². The number of nitrogens with zero attached hydrogens (tertiary/aromatic N) is 1. The van der Waals surface area contributed by atoms with Gasteiger partial charge in [0, 0.05) is 41.9 Å². The third-order valence-electron chi connectivity index (χ3n) is 8.46. The fraction of sp³-hybridized carbons (Fsp3) is 0. The zero-order valence-corrected chi connectivity index (χ0v) is 24.8. The topological polar surface area (TPSA) is 3.24 Å². The van der Waals surface area contributed by atoms with Crippen LogP contribution < -0.4 is 4.90 Å². The number of rotatable bonds is 4. The molecule has 0 unspecified atom stereocenters. The minimum absolute atomic E-state index is 1.19. The zero-order chi connectivity index (χ0) is 28.3. The molecule has 0 aliphatic carbocycles. The molecule has 9 rings (SSSR count). The van der Waals surface area contributed by atoms with Crippen LogP contribution in [0, 0.1) is 0 Å². The van der Waals surface area contributed by atoms with Crippen molar-refractivity contribution in [3.05, 3.63) is 152 Å². The van der Waals surface area contributed by atoms with E-state index in [1.54, 1.807) is 0 Å². The van der Waals surface area contributed by atoms with Crippen molar-refractivity contribution < 1.29 is 0 Å². The Labute approximate surface area is 257 Å². The molecule has 0 radical (unpaired) electrons. The lowest BCUT2D eigenvalue weighted by molar-refractivity contribution is 1.34. The van der Waals surface area contributed by atoms with Gasteiger partial charge in [-0.2, -0.15) is 0 Å². The number of fused-ring (bicyclic) bond motifs is 7. The predicted molar refractivity (Wildman–Crippen MR) is 190 cm³/mol. The van der Waals surface area contributed by atoms with E-state index in [0.29, 0.717) is 0 Å². The second-order valence-electron chi connectivity index (χ2n) is 10.9. The largest absolute Gasteiger partial charge is 0.306 e. The van der Waals surface area contributed by atoms with Crippen molar-refractivity contribution in [3.8, 4) is 11.1 Å². The summed E-state index contributed by atoms with van der Waals surface area (Å²) in [5.74, 6) is 0. The van der Waals surface area contributed by atoms with Crippen LogP contribution in [0.15, 0.2) is 152 Å². The highest BCUT2D eigenvalue weighted by atomic mass is 32.1. The van der Waals surface area contributed by atoms with E-state index in [4.69, 9.17) is 0 Å². The fourth-order valence-electron chi connectivity index (χ4n) is 6.53. The van der Waals surface area contributed by atoms with Crippen LogP contribution in [0.2, 0.25) is 0 Å². The molecule has 202 valence electrons. The Bertz CT molecular complexity index is 2460. The maximum atomic E-state index is 2.56. The van der Waals surface area contributed by atoms with Crippen molar-refractivity contribution in [2.24, 2.45) is 0 Å². The summed E-state index contributed by atoms with van der Waals surface area (Å²) in [4.78, 5) is 2.56. The molecule has 2 heterocycles. The summed E-state index contributed by atoms with van der Waals surface area (Å²) >= 11 is 3.78. The first kappa shape index (κ1) is 24.6. The second-order valence-corrected chi connectivity index (χ2v) is 13.0. The SMILES string of the molecule is c1ccc(-c2ccc3c(sc4ccccc43)c2N(c2cccc3ccccc23)c2cccc3c2sc2ccccc23)cc1. The van der Waals surface area contributed by atoms with Gasteiger partial charge in [0.2, 0.25) is 0 Å². The van der Waals surface area contributed by atoms with Gasteiger partial charge in [-0.15, -0.1) is 22.7 Å². The normalized spacial score (nSPS) is 11.7. The van der Waals surface area contributed by atoms with E-state index in [0.717, 1.165) is 0 Å². The van der Waals surface area contributed by atoms with E-state index in [9.17, 15) is 0 Å². The van der Waals surface area contributed by atoms with E-state index in [1.165, 1.54) is 79.3 Å². The molecule has 43 heavy (non-hydrogen) atoms. The smallest absolute Gasteiger partial charge is 0.0719 e. The molecule has 0 N–H and O–H groups in total. The summed E-state index contributed by atoms with van der Waals surface area (Å²) < 4.78 is 5.22. The molecule has 0 atom stereocenters. The van der Waals surface area contributed by atoms with Crippen LogP contribution in [0.25, 0.3) is 62.2 Å². The molecule has 0 saturated carbocycles.